The second-order valence-corrected chi connectivity index (χ2v) is 24.2. The van der Waals surface area contributed by atoms with E-state index in [0.29, 0.717) is 12.8 Å². The molecule has 0 aromatic heterocycles. The summed E-state index contributed by atoms with van der Waals surface area (Å²) in [6.07, 6.45) is 15.1. The Morgan fingerprint density at radius 1 is 0.791 bits per heavy atom. The van der Waals surface area contributed by atoms with E-state index in [-0.39, 0.29) is 22.0 Å². The molecule has 3 nitrogen and oxygen atoms in total. The van der Waals surface area contributed by atoms with E-state index >= 15 is 0 Å². The van der Waals surface area contributed by atoms with Crippen LogP contribution in [0.3, 0.4) is 0 Å². The highest BCUT2D eigenvalue weighted by Gasteiger charge is 2.60. The van der Waals surface area contributed by atoms with Crippen molar-refractivity contribution in [2.75, 3.05) is 0 Å². The van der Waals surface area contributed by atoms with Gasteiger partial charge in [-0.15, -0.1) is 0 Å². The number of hydrogen-bond donors (Lipinski definition) is 0. The van der Waals surface area contributed by atoms with E-state index in [1.807, 2.05) is 0 Å². The third-order valence-electron chi connectivity index (χ3n) is 9.85. The monoisotopic (exact) mass is 620 g/mol. The van der Waals surface area contributed by atoms with E-state index in [1.165, 1.54) is 48.9 Å². The summed E-state index contributed by atoms with van der Waals surface area (Å²) < 4.78 is 15.0. The van der Waals surface area contributed by atoms with Crippen LogP contribution in [-0.4, -0.2) is 34.1 Å². The van der Waals surface area contributed by atoms with Crippen molar-refractivity contribution >= 4 is 32.8 Å². The van der Waals surface area contributed by atoms with E-state index < -0.39 is 22.2 Å². The Labute approximate surface area is 266 Å². The van der Waals surface area contributed by atoms with Gasteiger partial charge in [0.25, 0.3) is 8.32 Å². The number of Topliss-reactive ketones (excluding diaryl/α,β-unsaturated/α-hetero) is 1. The maximum atomic E-state index is 14.2. The first-order valence-corrected chi connectivity index (χ1v) is 21.7. The lowest BCUT2D eigenvalue weighted by Gasteiger charge is -2.49. The quantitative estimate of drug-likeness (QED) is 0.113. The number of ketones is 1. The standard InChI is InChI=1S/C38H60O3Si2/c1-10-11-12-13-14-15-16-17-24-31-38(41-42(8,9)36(2,3)4)34(39)29-30-35(38)40-43(37(5,6)7,32-25-20-18-21-26-32)33-27-22-19-23-28-33/h18-28,31,35H,10-17,29-30H2,1-9H3/b31-24-/t35-,38-/m0/s1. The van der Waals surface area contributed by atoms with Crippen LogP contribution in [0.15, 0.2) is 72.8 Å². The van der Waals surface area contributed by atoms with Crippen LogP contribution >= 0.6 is 0 Å². The maximum absolute atomic E-state index is 14.2. The predicted octanol–water partition coefficient (Wildman–Crippen LogP) is 9.75. The van der Waals surface area contributed by atoms with Gasteiger partial charge in [0, 0.05) is 6.42 Å². The third kappa shape index (κ3) is 8.28. The molecule has 0 bridgehead atoms. The van der Waals surface area contributed by atoms with Crippen LogP contribution in [0.25, 0.3) is 0 Å². The zero-order valence-corrected chi connectivity index (χ0v) is 30.8. The van der Waals surface area contributed by atoms with Crippen LogP contribution in [0.2, 0.25) is 23.2 Å². The first kappa shape index (κ1) is 35.7. The average molecular weight is 621 g/mol. The molecule has 0 heterocycles. The Kier molecular flexibility index (Phi) is 12.4. The van der Waals surface area contributed by atoms with Gasteiger partial charge in [0.15, 0.2) is 19.7 Å². The molecule has 0 amide bonds. The summed E-state index contributed by atoms with van der Waals surface area (Å²) in [7, 11) is -5.22. The zero-order chi connectivity index (χ0) is 31.8. The third-order valence-corrected chi connectivity index (χ3v) is 19.4. The van der Waals surface area contributed by atoms with Gasteiger partial charge < -0.3 is 8.85 Å². The van der Waals surface area contributed by atoms with E-state index in [0.717, 1.165) is 12.8 Å². The summed E-state index contributed by atoms with van der Waals surface area (Å²) >= 11 is 0. The number of allylic oxidation sites excluding steroid dienone is 1. The molecule has 3 rings (SSSR count). The Morgan fingerprint density at radius 2 is 1.30 bits per heavy atom. The Balaban J connectivity index is 2.06. The maximum Gasteiger partial charge on any atom is 0.261 e. The number of benzene rings is 2. The van der Waals surface area contributed by atoms with E-state index in [4.69, 9.17) is 8.85 Å². The zero-order valence-electron chi connectivity index (χ0n) is 28.8. The molecule has 1 aliphatic rings. The van der Waals surface area contributed by atoms with Gasteiger partial charge in [0.05, 0.1) is 6.10 Å². The number of carbonyl (C=O) groups excluding carboxylic acids is 1. The number of unbranched alkanes of at least 4 members (excludes halogenated alkanes) is 7. The fourth-order valence-corrected chi connectivity index (χ4v) is 12.5. The smallest absolute Gasteiger partial charge is 0.261 e. The van der Waals surface area contributed by atoms with Gasteiger partial charge in [-0.1, -0.05) is 154 Å². The number of carbonyl (C=O) groups is 1. The molecule has 2 aromatic rings. The Morgan fingerprint density at radius 3 is 1.79 bits per heavy atom. The summed E-state index contributed by atoms with van der Waals surface area (Å²) in [5.41, 5.74) is -1.06. The minimum absolute atomic E-state index is 0.0306. The molecule has 43 heavy (non-hydrogen) atoms. The molecule has 0 aliphatic heterocycles. The molecule has 0 saturated heterocycles. The normalized spacial score (nSPS) is 20.3. The molecule has 0 spiro atoms. The van der Waals surface area contributed by atoms with Crippen LogP contribution in [-0.2, 0) is 13.6 Å². The van der Waals surface area contributed by atoms with Gasteiger partial charge >= 0.3 is 0 Å². The van der Waals surface area contributed by atoms with Crippen molar-refractivity contribution in [1.82, 2.24) is 0 Å². The average Bonchev–Trinajstić information content (AvgIpc) is 3.23. The fourth-order valence-electron chi connectivity index (χ4n) is 6.31. The van der Waals surface area contributed by atoms with E-state index in [1.54, 1.807) is 0 Å². The van der Waals surface area contributed by atoms with Crippen molar-refractivity contribution in [2.24, 2.45) is 0 Å². The van der Waals surface area contributed by atoms with Crippen molar-refractivity contribution in [3.8, 4) is 0 Å². The minimum Gasteiger partial charge on any atom is -0.401 e. The molecular weight excluding hydrogens is 561 g/mol. The Hall–Kier alpha value is -1.80. The summed E-state index contributed by atoms with van der Waals surface area (Å²) in [6, 6.07) is 21.6. The van der Waals surface area contributed by atoms with Gasteiger partial charge in [0.2, 0.25) is 0 Å². The molecular formula is C38H60O3Si2. The molecule has 2 aromatic carbocycles. The van der Waals surface area contributed by atoms with Gasteiger partial charge in [-0.25, -0.2) is 0 Å². The molecule has 1 fully saturated rings. The summed E-state index contributed by atoms with van der Waals surface area (Å²) in [5, 5.41) is 2.27. The second kappa shape index (κ2) is 15.0. The van der Waals surface area contributed by atoms with Crippen molar-refractivity contribution in [2.45, 2.75) is 148 Å². The summed E-state index contributed by atoms with van der Waals surface area (Å²) in [5.74, 6) is 0.177. The lowest BCUT2D eigenvalue weighted by Crippen LogP contribution is -2.70. The highest BCUT2D eigenvalue weighted by Crippen LogP contribution is 2.47. The molecule has 0 N–H and O–H groups in total. The molecule has 0 radical (unpaired) electrons. The fraction of sp³-hybridized carbons (Fsp3) is 0.605. The van der Waals surface area contributed by atoms with Gasteiger partial charge in [-0.2, -0.15) is 0 Å². The van der Waals surface area contributed by atoms with Crippen molar-refractivity contribution in [3.63, 3.8) is 0 Å². The Bertz CT molecular complexity index is 1120. The molecule has 1 saturated carbocycles. The topological polar surface area (TPSA) is 35.5 Å². The van der Waals surface area contributed by atoms with Crippen LogP contribution in [0, 0.1) is 0 Å². The highest BCUT2D eigenvalue weighted by molar-refractivity contribution is 6.99. The summed E-state index contributed by atoms with van der Waals surface area (Å²) in [6.45, 7) is 20.5. The molecule has 1 aliphatic carbocycles. The molecule has 0 unspecified atom stereocenters. The van der Waals surface area contributed by atoms with E-state index in [9.17, 15) is 4.79 Å². The van der Waals surface area contributed by atoms with Crippen LogP contribution in [0.4, 0.5) is 0 Å². The number of hydrogen-bond acceptors (Lipinski definition) is 3. The van der Waals surface area contributed by atoms with Crippen molar-refractivity contribution < 1.29 is 13.6 Å². The van der Waals surface area contributed by atoms with Crippen LogP contribution < -0.4 is 10.4 Å². The lowest BCUT2D eigenvalue weighted by molar-refractivity contribution is -0.132. The first-order chi connectivity index (χ1) is 20.2. The van der Waals surface area contributed by atoms with Crippen molar-refractivity contribution in [1.29, 1.82) is 0 Å². The first-order valence-electron chi connectivity index (χ1n) is 16.9. The minimum atomic E-state index is -2.88. The molecule has 5 heteroatoms. The largest absolute Gasteiger partial charge is 0.401 e. The summed E-state index contributed by atoms with van der Waals surface area (Å²) in [4.78, 5) is 14.2. The van der Waals surface area contributed by atoms with E-state index in [2.05, 4.69) is 134 Å². The molecule has 238 valence electrons. The lowest BCUT2D eigenvalue weighted by atomic mass is 9.97. The molecule has 2 atom stereocenters. The van der Waals surface area contributed by atoms with Gasteiger partial charge in [0.1, 0.15) is 0 Å². The second-order valence-electron chi connectivity index (χ2n) is 15.2. The number of rotatable bonds is 15. The highest BCUT2D eigenvalue weighted by atomic mass is 28.4. The van der Waals surface area contributed by atoms with Crippen molar-refractivity contribution in [3.05, 3.63) is 72.8 Å². The van der Waals surface area contributed by atoms with Gasteiger partial charge in [-0.05, 0) is 58.9 Å². The predicted molar refractivity (Wildman–Crippen MR) is 189 cm³/mol. The van der Waals surface area contributed by atoms with Crippen LogP contribution in [0.5, 0.6) is 0 Å². The van der Waals surface area contributed by atoms with Gasteiger partial charge in [-0.3, -0.25) is 4.79 Å². The van der Waals surface area contributed by atoms with Crippen LogP contribution in [0.1, 0.15) is 113 Å². The SMILES string of the molecule is CCCCCCCCC/C=C\[C@]1(O[Si](C)(C)C(C)(C)C)C(=O)CC[C@@H]1O[Si](c1ccccc1)(c1ccccc1)C(C)(C)C.